The molecule has 7 nitrogen and oxygen atoms in total. The summed E-state index contributed by atoms with van der Waals surface area (Å²) in [6, 6.07) is 14.9. The number of likely N-dealkylation sites (tertiary alicyclic amines) is 1. The van der Waals surface area contributed by atoms with Crippen molar-refractivity contribution in [1.29, 1.82) is 0 Å². The van der Waals surface area contributed by atoms with E-state index in [1.807, 2.05) is 0 Å². The summed E-state index contributed by atoms with van der Waals surface area (Å²) < 4.78 is 5.46. The molecular formula is C24H25NO6. The molecule has 0 aromatic heterocycles. The highest BCUT2D eigenvalue weighted by molar-refractivity contribution is 6.46. The van der Waals surface area contributed by atoms with E-state index in [9.17, 15) is 19.5 Å². The van der Waals surface area contributed by atoms with Crippen molar-refractivity contribution in [3.05, 3.63) is 71.3 Å². The van der Waals surface area contributed by atoms with Crippen LogP contribution in [0.2, 0.25) is 0 Å². The maximum atomic E-state index is 13.0. The van der Waals surface area contributed by atoms with Gasteiger partial charge in [0.2, 0.25) is 0 Å². The fourth-order valence-corrected chi connectivity index (χ4v) is 3.81. The number of carboxylic acids is 1. The van der Waals surface area contributed by atoms with Gasteiger partial charge in [0.15, 0.2) is 0 Å². The topological polar surface area (TPSA) is 104 Å². The van der Waals surface area contributed by atoms with Crippen molar-refractivity contribution in [3.8, 4) is 5.75 Å². The predicted octanol–water partition coefficient (Wildman–Crippen LogP) is 3.76. The molecule has 2 N–H and O–H groups in total. The number of benzene rings is 2. The van der Waals surface area contributed by atoms with Gasteiger partial charge in [0.1, 0.15) is 11.5 Å². The first kappa shape index (κ1) is 22.1. The Hall–Kier alpha value is -3.61. The van der Waals surface area contributed by atoms with E-state index in [4.69, 9.17) is 9.84 Å². The molecule has 1 aliphatic heterocycles. The molecule has 1 unspecified atom stereocenters. The van der Waals surface area contributed by atoms with E-state index in [1.54, 1.807) is 54.6 Å². The molecule has 2 aromatic carbocycles. The number of ketones is 1. The molecule has 2 aromatic rings. The average Bonchev–Trinajstić information content (AvgIpc) is 3.03. The number of carboxylic acid groups (broad SMARTS) is 1. The Balaban J connectivity index is 2.01. The highest BCUT2D eigenvalue weighted by Gasteiger charge is 2.46. The molecule has 3 rings (SSSR count). The summed E-state index contributed by atoms with van der Waals surface area (Å²) in [4.78, 5) is 38.0. The molecule has 1 heterocycles. The summed E-state index contributed by atoms with van der Waals surface area (Å²) in [7, 11) is 1.51. The van der Waals surface area contributed by atoms with E-state index in [1.165, 1.54) is 12.0 Å². The lowest BCUT2D eigenvalue weighted by Crippen LogP contribution is -2.31. The second-order valence-corrected chi connectivity index (χ2v) is 7.30. The van der Waals surface area contributed by atoms with Crippen molar-refractivity contribution < 1.29 is 29.3 Å². The first-order valence-corrected chi connectivity index (χ1v) is 10.1. The van der Waals surface area contributed by atoms with Gasteiger partial charge in [0, 0.05) is 24.1 Å². The van der Waals surface area contributed by atoms with Gasteiger partial charge in [-0.15, -0.1) is 0 Å². The molecule has 0 aliphatic carbocycles. The largest absolute Gasteiger partial charge is 0.507 e. The lowest BCUT2D eigenvalue weighted by molar-refractivity contribution is -0.140. The fraction of sp³-hybridized carbons (Fsp3) is 0.292. The van der Waals surface area contributed by atoms with Crippen molar-refractivity contribution in [1.82, 2.24) is 4.90 Å². The second-order valence-electron chi connectivity index (χ2n) is 7.30. The van der Waals surface area contributed by atoms with Gasteiger partial charge < -0.3 is 19.8 Å². The minimum Gasteiger partial charge on any atom is -0.507 e. The molecule has 1 fully saturated rings. The molecule has 31 heavy (non-hydrogen) atoms. The van der Waals surface area contributed by atoms with Crippen molar-refractivity contribution in [2.75, 3.05) is 13.7 Å². The number of amides is 1. The molecule has 1 amide bonds. The number of Topliss-reactive ketones (excluding diaryl/α,β-unsaturated/α-hetero) is 1. The smallest absolute Gasteiger partial charge is 0.303 e. The van der Waals surface area contributed by atoms with E-state index < -0.39 is 23.7 Å². The van der Waals surface area contributed by atoms with Gasteiger partial charge in [0.25, 0.3) is 11.7 Å². The number of methoxy groups -OCH3 is 1. The average molecular weight is 423 g/mol. The van der Waals surface area contributed by atoms with Crippen LogP contribution < -0.4 is 4.74 Å². The number of hydrogen-bond donors (Lipinski definition) is 2. The highest BCUT2D eigenvalue weighted by atomic mass is 16.5. The fourth-order valence-electron chi connectivity index (χ4n) is 3.81. The van der Waals surface area contributed by atoms with E-state index in [2.05, 4.69) is 0 Å². The number of aliphatic carboxylic acids is 1. The molecule has 0 bridgehead atoms. The Kier molecular flexibility index (Phi) is 7.07. The van der Waals surface area contributed by atoms with Crippen molar-refractivity contribution in [3.63, 3.8) is 0 Å². The van der Waals surface area contributed by atoms with Crippen LogP contribution in [0.15, 0.2) is 60.2 Å². The summed E-state index contributed by atoms with van der Waals surface area (Å²) in [5, 5.41) is 19.8. The molecule has 1 atom stereocenters. The first-order chi connectivity index (χ1) is 15.0. The van der Waals surface area contributed by atoms with Gasteiger partial charge in [-0.1, -0.05) is 55.0 Å². The molecule has 1 saturated heterocycles. The maximum Gasteiger partial charge on any atom is 0.303 e. The van der Waals surface area contributed by atoms with E-state index >= 15 is 0 Å². The molecule has 162 valence electrons. The van der Waals surface area contributed by atoms with Crippen LogP contribution in [0.3, 0.4) is 0 Å². The molecular weight excluding hydrogens is 398 g/mol. The Morgan fingerprint density at radius 1 is 0.968 bits per heavy atom. The highest BCUT2D eigenvalue weighted by Crippen LogP contribution is 2.42. The number of carbonyl (C=O) groups is 3. The van der Waals surface area contributed by atoms with Crippen LogP contribution in [-0.2, 0) is 14.4 Å². The van der Waals surface area contributed by atoms with Crippen molar-refractivity contribution in [2.24, 2.45) is 0 Å². The molecule has 0 saturated carbocycles. The number of hydrogen-bond acceptors (Lipinski definition) is 5. The number of unbranched alkanes of at least 4 members (excludes halogenated alkanes) is 2. The van der Waals surface area contributed by atoms with Crippen LogP contribution in [-0.4, -0.2) is 46.4 Å². The van der Waals surface area contributed by atoms with Gasteiger partial charge in [-0.25, -0.2) is 0 Å². The van der Waals surface area contributed by atoms with Crippen LogP contribution in [0.4, 0.5) is 0 Å². The van der Waals surface area contributed by atoms with Gasteiger partial charge in [0.05, 0.1) is 18.7 Å². The number of nitrogens with zero attached hydrogens (tertiary/aromatic N) is 1. The van der Waals surface area contributed by atoms with Crippen molar-refractivity contribution >= 4 is 23.4 Å². The number of carbonyl (C=O) groups excluding carboxylic acids is 2. The third kappa shape index (κ3) is 4.77. The lowest BCUT2D eigenvalue weighted by Gasteiger charge is -2.26. The molecule has 1 aliphatic rings. The summed E-state index contributed by atoms with van der Waals surface area (Å²) in [5.74, 6) is -2.03. The Morgan fingerprint density at radius 3 is 2.32 bits per heavy atom. The molecule has 7 heteroatoms. The second kappa shape index (κ2) is 9.93. The van der Waals surface area contributed by atoms with Gasteiger partial charge >= 0.3 is 5.97 Å². The van der Waals surface area contributed by atoms with Gasteiger partial charge in [-0.2, -0.15) is 0 Å². The molecule has 0 spiro atoms. The molecule has 0 radical (unpaired) electrons. The Morgan fingerprint density at radius 2 is 1.65 bits per heavy atom. The zero-order valence-electron chi connectivity index (χ0n) is 17.3. The van der Waals surface area contributed by atoms with Crippen LogP contribution in [0.5, 0.6) is 5.75 Å². The third-order valence-corrected chi connectivity index (χ3v) is 5.31. The Bertz CT molecular complexity index is 998. The number of rotatable bonds is 9. The summed E-state index contributed by atoms with van der Waals surface area (Å²) in [6.07, 6.45) is 1.69. The minimum absolute atomic E-state index is 0.0197. The maximum absolute atomic E-state index is 13.0. The zero-order chi connectivity index (χ0) is 22.4. The van der Waals surface area contributed by atoms with Crippen LogP contribution in [0.1, 0.15) is 42.9 Å². The summed E-state index contributed by atoms with van der Waals surface area (Å²) in [6.45, 7) is 0.262. The van der Waals surface area contributed by atoms with E-state index in [-0.39, 0.29) is 24.3 Å². The third-order valence-electron chi connectivity index (χ3n) is 5.31. The normalized spacial score (nSPS) is 17.7. The minimum atomic E-state index is -0.864. The van der Waals surface area contributed by atoms with Crippen LogP contribution in [0, 0.1) is 0 Å². The number of aliphatic hydroxyl groups is 1. The lowest BCUT2D eigenvalue weighted by atomic mass is 9.94. The first-order valence-electron chi connectivity index (χ1n) is 10.1. The van der Waals surface area contributed by atoms with Crippen molar-refractivity contribution in [2.45, 2.75) is 31.7 Å². The van der Waals surface area contributed by atoms with E-state index in [0.717, 1.165) is 0 Å². The van der Waals surface area contributed by atoms with Gasteiger partial charge in [-0.3, -0.25) is 14.4 Å². The SMILES string of the molecule is COc1ccccc1C1C(=C(O)c2ccccc2)C(=O)C(=O)N1CCCCCC(=O)O. The van der Waals surface area contributed by atoms with Gasteiger partial charge in [-0.05, 0) is 18.9 Å². The number of aliphatic hydroxyl groups excluding tert-OH is 1. The standard InChI is InChI=1S/C24H25NO6/c1-31-18-13-8-7-12-17(18)21-20(22(28)16-10-4-2-5-11-16)23(29)24(30)25(21)15-9-3-6-14-19(26)27/h2,4-5,7-8,10-13,21,28H,3,6,9,14-15H2,1H3,(H,26,27). The van der Waals surface area contributed by atoms with Crippen LogP contribution in [0.25, 0.3) is 5.76 Å². The Labute approximate surface area is 180 Å². The quantitative estimate of drug-likeness (QED) is 0.275. The number of para-hydroxylation sites is 1. The van der Waals surface area contributed by atoms with E-state index in [0.29, 0.717) is 36.1 Å². The predicted molar refractivity (Wildman–Crippen MR) is 115 cm³/mol. The summed E-state index contributed by atoms with van der Waals surface area (Å²) in [5.41, 5.74) is 1.07. The van der Waals surface area contributed by atoms with Crippen LogP contribution >= 0.6 is 0 Å². The monoisotopic (exact) mass is 423 g/mol. The summed E-state index contributed by atoms with van der Waals surface area (Å²) >= 11 is 0. The zero-order valence-corrected chi connectivity index (χ0v) is 17.3. The number of ether oxygens (including phenoxy) is 1.